The Bertz CT molecular complexity index is 648. The van der Waals surface area contributed by atoms with E-state index in [9.17, 15) is 9.59 Å². The molecule has 0 unspecified atom stereocenters. The van der Waals surface area contributed by atoms with Crippen molar-refractivity contribution in [2.24, 2.45) is 0 Å². The highest BCUT2D eigenvalue weighted by Gasteiger charge is 2.12. The topological polar surface area (TPSA) is 66.4 Å². The first kappa shape index (κ1) is 15.3. The molecule has 4 nitrogen and oxygen atoms in total. The van der Waals surface area contributed by atoms with Gasteiger partial charge in [-0.25, -0.2) is 4.79 Å². The summed E-state index contributed by atoms with van der Waals surface area (Å²) in [6, 6.07) is 8.64. The van der Waals surface area contributed by atoms with E-state index >= 15 is 0 Å². The van der Waals surface area contributed by atoms with Crippen LogP contribution in [0.3, 0.4) is 0 Å². The third kappa shape index (κ3) is 4.16. The van der Waals surface area contributed by atoms with Gasteiger partial charge in [-0.15, -0.1) is 11.3 Å². The number of benzene rings is 1. The molecule has 0 spiro atoms. The number of carboxylic acid groups (broad SMARTS) is 1. The number of carbonyl (C=O) groups is 2. The van der Waals surface area contributed by atoms with Gasteiger partial charge in [0.15, 0.2) is 0 Å². The fraction of sp³-hybridized carbons (Fsp3) is 0.250. The van der Waals surface area contributed by atoms with Crippen LogP contribution in [0, 0.1) is 6.92 Å². The van der Waals surface area contributed by atoms with Crippen LogP contribution in [-0.2, 0) is 17.6 Å². The first-order valence-electron chi connectivity index (χ1n) is 6.69. The monoisotopic (exact) mass is 303 g/mol. The van der Waals surface area contributed by atoms with Crippen LogP contribution < -0.4 is 5.32 Å². The fourth-order valence-electron chi connectivity index (χ4n) is 2.09. The molecule has 110 valence electrons. The molecule has 0 saturated heterocycles. The second-order valence-corrected chi connectivity index (χ2v) is 5.77. The molecule has 2 aromatic rings. The smallest absolute Gasteiger partial charge is 0.335 e. The van der Waals surface area contributed by atoms with Gasteiger partial charge in [0.05, 0.1) is 12.0 Å². The summed E-state index contributed by atoms with van der Waals surface area (Å²) < 4.78 is 0. The lowest BCUT2D eigenvalue weighted by Crippen LogP contribution is -2.27. The van der Waals surface area contributed by atoms with Crippen LogP contribution in [0.1, 0.15) is 26.4 Å². The summed E-state index contributed by atoms with van der Waals surface area (Å²) in [7, 11) is 0. The molecule has 0 aliphatic heterocycles. The van der Waals surface area contributed by atoms with Crippen LogP contribution in [0.15, 0.2) is 35.7 Å². The third-order valence-corrected chi connectivity index (χ3v) is 4.32. The fourth-order valence-corrected chi connectivity index (χ4v) is 3.00. The largest absolute Gasteiger partial charge is 0.478 e. The predicted octanol–water partition coefficient (Wildman–Crippen LogP) is 2.66. The van der Waals surface area contributed by atoms with Crippen molar-refractivity contribution in [3.63, 3.8) is 0 Å². The number of aromatic carboxylic acids is 1. The minimum absolute atomic E-state index is 0.0892. The molecule has 1 amide bonds. The molecule has 0 aliphatic carbocycles. The molecule has 0 fully saturated rings. The highest BCUT2D eigenvalue weighted by molar-refractivity contribution is 7.10. The Morgan fingerprint density at radius 1 is 1.24 bits per heavy atom. The number of hydrogen-bond acceptors (Lipinski definition) is 3. The molecular weight excluding hydrogens is 286 g/mol. The average Bonchev–Trinajstić information content (AvgIpc) is 2.85. The van der Waals surface area contributed by atoms with Gasteiger partial charge in [-0.1, -0.05) is 18.2 Å². The Hall–Kier alpha value is -2.14. The van der Waals surface area contributed by atoms with Crippen LogP contribution in [0.25, 0.3) is 0 Å². The molecule has 1 aromatic heterocycles. The summed E-state index contributed by atoms with van der Waals surface area (Å²) in [5.41, 5.74) is 1.96. The maximum atomic E-state index is 11.9. The van der Waals surface area contributed by atoms with Gasteiger partial charge in [-0.2, -0.15) is 0 Å². The lowest BCUT2D eigenvalue weighted by Gasteiger charge is -2.07. The molecule has 5 heteroatoms. The number of amides is 1. The van der Waals surface area contributed by atoms with E-state index in [1.54, 1.807) is 29.5 Å². The summed E-state index contributed by atoms with van der Waals surface area (Å²) >= 11 is 1.68. The van der Waals surface area contributed by atoms with Crippen molar-refractivity contribution < 1.29 is 14.7 Å². The second kappa shape index (κ2) is 7.04. The van der Waals surface area contributed by atoms with Crippen molar-refractivity contribution in [1.29, 1.82) is 0 Å². The molecular formula is C16H17NO3S. The molecule has 0 radical (unpaired) electrons. The number of aryl methyl sites for hydroxylation is 1. The number of nitrogens with one attached hydrogen (secondary N) is 1. The maximum Gasteiger partial charge on any atom is 0.335 e. The molecule has 21 heavy (non-hydrogen) atoms. The van der Waals surface area contributed by atoms with Crippen LogP contribution in [0.5, 0.6) is 0 Å². The van der Waals surface area contributed by atoms with E-state index < -0.39 is 5.97 Å². The molecule has 0 atom stereocenters. The zero-order valence-electron chi connectivity index (χ0n) is 11.8. The molecule has 1 aromatic carbocycles. The zero-order chi connectivity index (χ0) is 15.2. The summed E-state index contributed by atoms with van der Waals surface area (Å²) in [5, 5.41) is 14.0. The number of hydrogen-bond donors (Lipinski definition) is 2. The van der Waals surface area contributed by atoms with E-state index in [0.29, 0.717) is 12.1 Å². The Morgan fingerprint density at radius 2 is 2.00 bits per heavy atom. The van der Waals surface area contributed by atoms with Gasteiger partial charge in [0.2, 0.25) is 5.91 Å². The first-order chi connectivity index (χ1) is 10.1. The Balaban J connectivity index is 1.88. The quantitative estimate of drug-likeness (QED) is 0.862. The molecule has 2 rings (SSSR count). The maximum absolute atomic E-state index is 11.9. The third-order valence-electron chi connectivity index (χ3n) is 3.24. The standard InChI is InChI=1S/C16H17NO3S/c1-11-7-9-21-14(11)6-8-17-15(18)10-12-4-2-3-5-13(12)16(19)20/h2-5,7,9H,6,8,10H2,1H3,(H,17,18)(H,19,20). The van der Waals surface area contributed by atoms with Crippen molar-refractivity contribution >= 4 is 23.2 Å². The first-order valence-corrected chi connectivity index (χ1v) is 7.56. The van der Waals surface area contributed by atoms with Gasteiger partial charge >= 0.3 is 5.97 Å². The van der Waals surface area contributed by atoms with E-state index in [2.05, 4.69) is 18.3 Å². The van der Waals surface area contributed by atoms with Crippen LogP contribution in [-0.4, -0.2) is 23.5 Å². The lowest BCUT2D eigenvalue weighted by molar-refractivity contribution is -0.120. The number of carbonyl (C=O) groups excluding carboxylic acids is 1. The Kier molecular flexibility index (Phi) is 5.11. The van der Waals surface area contributed by atoms with E-state index in [0.717, 1.165) is 6.42 Å². The SMILES string of the molecule is Cc1ccsc1CCNC(=O)Cc1ccccc1C(=O)O. The minimum atomic E-state index is -1.01. The van der Waals surface area contributed by atoms with Crippen molar-refractivity contribution in [3.8, 4) is 0 Å². The lowest BCUT2D eigenvalue weighted by atomic mass is 10.0. The van der Waals surface area contributed by atoms with E-state index in [1.165, 1.54) is 16.5 Å². The van der Waals surface area contributed by atoms with Crippen LogP contribution in [0.4, 0.5) is 0 Å². The van der Waals surface area contributed by atoms with Gasteiger partial charge in [-0.05, 0) is 42.0 Å². The zero-order valence-corrected chi connectivity index (χ0v) is 12.6. The van der Waals surface area contributed by atoms with Gasteiger partial charge in [-0.3, -0.25) is 4.79 Å². The summed E-state index contributed by atoms with van der Waals surface area (Å²) in [6.45, 7) is 2.62. The summed E-state index contributed by atoms with van der Waals surface area (Å²) in [4.78, 5) is 24.2. The minimum Gasteiger partial charge on any atom is -0.478 e. The van der Waals surface area contributed by atoms with Crippen molar-refractivity contribution in [2.45, 2.75) is 19.8 Å². The van der Waals surface area contributed by atoms with E-state index in [-0.39, 0.29) is 17.9 Å². The van der Waals surface area contributed by atoms with E-state index in [1.807, 2.05) is 5.38 Å². The average molecular weight is 303 g/mol. The summed E-state index contributed by atoms with van der Waals surface area (Å²) in [5.74, 6) is -1.16. The highest BCUT2D eigenvalue weighted by atomic mass is 32.1. The van der Waals surface area contributed by atoms with Crippen LogP contribution in [0.2, 0.25) is 0 Å². The van der Waals surface area contributed by atoms with Gasteiger partial charge in [0, 0.05) is 11.4 Å². The molecule has 0 saturated carbocycles. The normalized spacial score (nSPS) is 10.3. The van der Waals surface area contributed by atoms with Crippen LogP contribution >= 0.6 is 11.3 Å². The molecule has 0 bridgehead atoms. The Labute approximate surface area is 127 Å². The summed E-state index contributed by atoms with van der Waals surface area (Å²) in [6.07, 6.45) is 0.891. The van der Waals surface area contributed by atoms with Crippen molar-refractivity contribution in [3.05, 3.63) is 57.3 Å². The molecule has 0 aliphatic rings. The highest BCUT2D eigenvalue weighted by Crippen LogP contribution is 2.15. The second-order valence-electron chi connectivity index (χ2n) is 4.77. The van der Waals surface area contributed by atoms with Crippen molar-refractivity contribution in [2.75, 3.05) is 6.54 Å². The predicted molar refractivity (Wildman–Crippen MR) is 82.9 cm³/mol. The van der Waals surface area contributed by atoms with Crippen molar-refractivity contribution in [1.82, 2.24) is 5.32 Å². The number of thiophene rings is 1. The van der Waals surface area contributed by atoms with E-state index in [4.69, 9.17) is 5.11 Å². The number of carboxylic acids is 1. The molecule has 2 N–H and O–H groups in total. The van der Waals surface area contributed by atoms with Gasteiger partial charge < -0.3 is 10.4 Å². The van der Waals surface area contributed by atoms with Gasteiger partial charge in [0.1, 0.15) is 0 Å². The van der Waals surface area contributed by atoms with Gasteiger partial charge in [0.25, 0.3) is 0 Å². The number of rotatable bonds is 6. The Morgan fingerprint density at radius 3 is 2.67 bits per heavy atom. The molecule has 1 heterocycles.